The van der Waals surface area contributed by atoms with Crippen molar-refractivity contribution in [3.63, 3.8) is 0 Å². The minimum absolute atomic E-state index is 0.0488. The summed E-state index contributed by atoms with van der Waals surface area (Å²) < 4.78 is 33.9. The number of phenols is 1. The van der Waals surface area contributed by atoms with Crippen LogP contribution in [0.5, 0.6) is 11.5 Å². The first-order valence-electron chi connectivity index (χ1n) is 8.77. The molecular formula is C20H18ClNO6S2. The van der Waals surface area contributed by atoms with E-state index in [9.17, 15) is 18.3 Å². The highest BCUT2D eigenvalue weighted by Crippen LogP contribution is 2.40. The van der Waals surface area contributed by atoms with E-state index < -0.39 is 16.0 Å². The van der Waals surface area contributed by atoms with Gasteiger partial charge in [0.15, 0.2) is 0 Å². The lowest BCUT2D eigenvalue weighted by molar-refractivity contribution is -0.133. The number of carboxylic acid groups (broad SMARTS) is 1. The second kappa shape index (κ2) is 9.03. The second-order valence-corrected chi connectivity index (χ2v) is 9.24. The van der Waals surface area contributed by atoms with Gasteiger partial charge in [0.1, 0.15) is 11.5 Å². The molecule has 30 heavy (non-hydrogen) atoms. The van der Waals surface area contributed by atoms with Crippen molar-refractivity contribution in [2.45, 2.75) is 16.7 Å². The van der Waals surface area contributed by atoms with Crippen LogP contribution >= 0.6 is 23.4 Å². The van der Waals surface area contributed by atoms with E-state index in [1.807, 2.05) is 0 Å². The van der Waals surface area contributed by atoms with E-state index in [4.69, 9.17) is 21.4 Å². The van der Waals surface area contributed by atoms with Crippen LogP contribution in [0.1, 0.15) is 6.92 Å². The Balaban J connectivity index is 2.07. The van der Waals surface area contributed by atoms with Gasteiger partial charge in [0, 0.05) is 16.8 Å². The fourth-order valence-corrected chi connectivity index (χ4v) is 4.77. The van der Waals surface area contributed by atoms with E-state index in [1.165, 1.54) is 24.3 Å². The SMILES string of the molecule is CCOc1cc(S(=O)(=O)Nc2cc(SCC(=O)O)c(O)c3ccccc23)ccc1Cl. The number of phenolic OH excluding ortho intramolecular Hbond substituents is 1. The molecule has 0 spiro atoms. The maximum atomic E-state index is 13.0. The molecule has 3 N–H and O–H groups in total. The topological polar surface area (TPSA) is 113 Å². The van der Waals surface area contributed by atoms with Crippen molar-refractivity contribution in [2.75, 3.05) is 17.1 Å². The molecule has 0 radical (unpaired) electrons. The minimum atomic E-state index is -4.02. The van der Waals surface area contributed by atoms with Crippen molar-refractivity contribution in [1.82, 2.24) is 0 Å². The van der Waals surface area contributed by atoms with Crippen molar-refractivity contribution in [2.24, 2.45) is 0 Å². The van der Waals surface area contributed by atoms with E-state index in [-0.39, 0.29) is 32.7 Å². The molecule has 0 aliphatic carbocycles. The van der Waals surface area contributed by atoms with Crippen LogP contribution in [0.4, 0.5) is 5.69 Å². The Morgan fingerprint density at radius 3 is 2.53 bits per heavy atom. The van der Waals surface area contributed by atoms with Gasteiger partial charge in [-0.2, -0.15) is 0 Å². The number of rotatable bonds is 8. The number of sulfonamides is 1. The summed E-state index contributed by atoms with van der Waals surface area (Å²) in [5, 5.41) is 20.6. The van der Waals surface area contributed by atoms with Crippen LogP contribution in [-0.2, 0) is 14.8 Å². The standard InChI is InChI=1S/C20H18ClNO6S2/c1-2-28-17-9-12(7-8-15(17)21)30(26,27)22-16-10-18(29-11-19(23)24)20(25)14-6-4-3-5-13(14)16/h3-10,22,25H,2,11H2,1H3,(H,23,24). The number of fused-ring (bicyclic) bond motifs is 1. The van der Waals surface area contributed by atoms with E-state index in [2.05, 4.69) is 4.72 Å². The molecule has 10 heteroatoms. The van der Waals surface area contributed by atoms with Crippen LogP contribution in [0.3, 0.4) is 0 Å². The number of aliphatic carboxylic acids is 1. The van der Waals surface area contributed by atoms with Gasteiger partial charge in [0.2, 0.25) is 0 Å². The first-order chi connectivity index (χ1) is 14.2. The van der Waals surface area contributed by atoms with E-state index >= 15 is 0 Å². The largest absolute Gasteiger partial charge is 0.506 e. The monoisotopic (exact) mass is 467 g/mol. The third kappa shape index (κ3) is 4.75. The molecule has 3 aromatic carbocycles. The molecule has 0 saturated carbocycles. The summed E-state index contributed by atoms with van der Waals surface area (Å²) in [6.45, 7) is 2.08. The zero-order valence-electron chi connectivity index (χ0n) is 15.8. The molecule has 0 saturated heterocycles. The lowest BCUT2D eigenvalue weighted by atomic mass is 10.1. The summed E-state index contributed by atoms with van der Waals surface area (Å²) in [6.07, 6.45) is 0. The summed E-state index contributed by atoms with van der Waals surface area (Å²) in [4.78, 5) is 11.1. The molecule has 0 aromatic heterocycles. The smallest absolute Gasteiger partial charge is 0.313 e. The van der Waals surface area contributed by atoms with Crippen molar-refractivity contribution < 1.29 is 28.2 Å². The highest BCUT2D eigenvalue weighted by molar-refractivity contribution is 8.00. The Kier molecular flexibility index (Phi) is 6.64. The Bertz CT molecular complexity index is 1210. The van der Waals surface area contributed by atoms with Gasteiger partial charge in [-0.3, -0.25) is 9.52 Å². The molecule has 158 valence electrons. The quantitative estimate of drug-likeness (QED) is 0.328. The maximum absolute atomic E-state index is 13.0. The number of anilines is 1. The summed E-state index contributed by atoms with van der Waals surface area (Å²) in [5.41, 5.74) is 0.212. The summed E-state index contributed by atoms with van der Waals surface area (Å²) in [5.74, 6) is -1.20. The van der Waals surface area contributed by atoms with Crippen LogP contribution in [-0.4, -0.2) is 37.0 Å². The Hall–Kier alpha value is -2.62. The molecule has 0 bridgehead atoms. The molecule has 0 aliphatic heterocycles. The van der Waals surface area contributed by atoms with Gasteiger partial charge in [-0.05, 0) is 25.1 Å². The number of aromatic hydroxyl groups is 1. The number of ether oxygens (including phenoxy) is 1. The van der Waals surface area contributed by atoms with Gasteiger partial charge in [-0.25, -0.2) is 8.42 Å². The summed E-state index contributed by atoms with van der Waals surface area (Å²) in [6, 6.07) is 12.2. The Labute approximate surface area is 182 Å². The van der Waals surface area contributed by atoms with Crippen LogP contribution in [0.2, 0.25) is 5.02 Å². The zero-order valence-corrected chi connectivity index (χ0v) is 18.1. The van der Waals surface area contributed by atoms with Gasteiger partial charge in [0.25, 0.3) is 10.0 Å². The average Bonchev–Trinajstić information content (AvgIpc) is 2.70. The van der Waals surface area contributed by atoms with Crippen molar-refractivity contribution >= 4 is 55.8 Å². The number of hydrogen-bond acceptors (Lipinski definition) is 6. The van der Waals surface area contributed by atoms with Crippen LogP contribution in [0.15, 0.2) is 58.3 Å². The van der Waals surface area contributed by atoms with Crippen LogP contribution < -0.4 is 9.46 Å². The number of hydrogen-bond donors (Lipinski definition) is 3. The molecule has 3 aromatic rings. The second-order valence-electron chi connectivity index (χ2n) is 6.13. The van der Waals surface area contributed by atoms with Gasteiger partial charge in [-0.15, -0.1) is 11.8 Å². The third-order valence-corrected chi connectivity index (χ3v) is 6.78. The van der Waals surface area contributed by atoms with Crippen molar-refractivity contribution in [3.05, 3.63) is 53.6 Å². The lowest BCUT2D eigenvalue weighted by Gasteiger charge is -2.15. The molecule has 3 rings (SSSR count). The fraction of sp³-hybridized carbons (Fsp3) is 0.150. The number of thioether (sulfide) groups is 1. The molecule has 0 fully saturated rings. The molecule has 0 aliphatic rings. The molecule has 0 atom stereocenters. The molecule has 0 amide bonds. The molecular weight excluding hydrogens is 450 g/mol. The van der Waals surface area contributed by atoms with E-state index in [0.717, 1.165) is 11.8 Å². The highest BCUT2D eigenvalue weighted by Gasteiger charge is 2.20. The number of nitrogens with one attached hydrogen (secondary N) is 1. The third-order valence-electron chi connectivity index (χ3n) is 4.09. The first kappa shape index (κ1) is 22.1. The average molecular weight is 468 g/mol. The number of halogens is 1. The van der Waals surface area contributed by atoms with Gasteiger partial charge < -0.3 is 14.9 Å². The van der Waals surface area contributed by atoms with E-state index in [0.29, 0.717) is 22.4 Å². The zero-order chi connectivity index (χ0) is 21.9. The Morgan fingerprint density at radius 2 is 1.87 bits per heavy atom. The first-order valence-corrected chi connectivity index (χ1v) is 11.6. The van der Waals surface area contributed by atoms with Crippen molar-refractivity contribution in [1.29, 1.82) is 0 Å². The lowest BCUT2D eigenvalue weighted by Crippen LogP contribution is -2.13. The summed E-state index contributed by atoms with van der Waals surface area (Å²) in [7, 11) is -4.02. The van der Waals surface area contributed by atoms with E-state index in [1.54, 1.807) is 31.2 Å². The summed E-state index contributed by atoms with van der Waals surface area (Å²) >= 11 is 6.94. The van der Waals surface area contributed by atoms with Crippen molar-refractivity contribution in [3.8, 4) is 11.5 Å². The van der Waals surface area contributed by atoms with Crippen LogP contribution in [0.25, 0.3) is 10.8 Å². The fourth-order valence-electron chi connectivity index (χ4n) is 2.79. The molecule has 0 unspecified atom stereocenters. The number of benzene rings is 3. The maximum Gasteiger partial charge on any atom is 0.313 e. The van der Waals surface area contributed by atoms with Gasteiger partial charge in [0.05, 0.1) is 32.9 Å². The normalized spacial score (nSPS) is 11.4. The Morgan fingerprint density at radius 1 is 1.17 bits per heavy atom. The number of carboxylic acids is 1. The van der Waals surface area contributed by atoms with Gasteiger partial charge in [-0.1, -0.05) is 35.9 Å². The highest BCUT2D eigenvalue weighted by atomic mass is 35.5. The predicted octanol–water partition coefficient (Wildman–Crippen LogP) is 4.58. The van der Waals surface area contributed by atoms with Gasteiger partial charge >= 0.3 is 5.97 Å². The van der Waals surface area contributed by atoms with Crippen LogP contribution in [0, 0.1) is 0 Å². The minimum Gasteiger partial charge on any atom is -0.506 e. The molecule has 0 heterocycles. The molecule has 7 nitrogen and oxygen atoms in total. The predicted molar refractivity (Wildman–Crippen MR) is 117 cm³/mol. The number of carbonyl (C=O) groups is 1.